The summed E-state index contributed by atoms with van der Waals surface area (Å²) >= 11 is 0. The maximum absolute atomic E-state index is 12.3. The molecule has 0 bridgehead atoms. The molecule has 2 rings (SSSR count). The molecule has 5 heteroatoms. The smallest absolute Gasteiger partial charge is 0.450 e. The third kappa shape index (κ3) is 7.02. The number of amides is 1. The van der Waals surface area contributed by atoms with Crippen LogP contribution in [0.3, 0.4) is 0 Å². The van der Waals surface area contributed by atoms with Crippen molar-refractivity contribution in [2.75, 3.05) is 0 Å². The number of hydrogen-bond donors (Lipinski definition) is 3. The minimum atomic E-state index is -1.83. The number of hydrogen-bond acceptors (Lipinski definition) is 2. The largest absolute Gasteiger partial charge is 0.503 e. The molecule has 1 saturated carbocycles. The molecule has 2 unspecified atom stereocenters. The van der Waals surface area contributed by atoms with Gasteiger partial charge in [0.1, 0.15) is 0 Å². The molecule has 2 atom stereocenters. The Morgan fingerprint density at radius 2 is 1.67 bits per heavy atom. The summed E-state index contributed by atoms with van der Waals surface area (Å²) < 4.78 is 0. The normalized spacial score (nSPS) is 19.8. The fourth-order valence-electron chi connectivity index (χ4n) is 3.49. The van der Waals surface area contributed by atoms with Gasteiger partial charge >= 0.3 is 6.16 Å². The van der Waals surface area contributed by atoms with E-state index in [1.807, 2.05) is 0 Å². The highest BCUT2D eigenvalue weighted by Crippen LogP contribution is 2.24. The average Bonchev–Trinajstić information content (AvgIpc) is 2.42. The number of nitrogens with one attached hydrogen (secondary N) is 1. The van der Waals surface area contributed by atoms with Crippen molar-refractivity contribution in [1.82, 2.24) is 5.32 Å². The van der Waals surface area contributed by atoms with Crippen molar-refractivity contribution in [3.63, 3.8) is 0 Å². The molecule has 1 aliphatic carbocycles. The van der Waals surface area contributed by atoms with E-state index in [4.69, 9.17) is 15.0 Å². The minimum Gasteiger partial charge on any atom is -0.450 e. The summed E-state index contributed by atoms with van der Waals surface area (Å²) in [7, 11) is 0. The molecule has 0 spiro atoms. The van der Waals surface area contributed by atoms with Crippen LogP contribution >= 0.6 is 0 Å². The van der Waals surface area contributed by atoms with Crippen LogP contribution in [-0.2, 0) is 11.2 Å². The monoisotopic (exact) mass is 335 g/mol. The van der Waals surface area contributed by atoms with Gasteiger partial charge in [-0.25, -0.2) is 4.79 Å². The second kappa shape index (κ2) is 9.30. The molecule has 0 aliphatic heterocycles. The Bertz CT molecular complexity index is 556. The van der Waals surface area contributed by atoms with E-state index < -0.39 is 6.16 Å². The number of carbonyl (C=O) groups is 2. The van der Waals surface area contributed by atoms with Crippen molar-refractivity contribution < 1.29 is 19.8 Å². The van der Waals surface area contributed by atoms with Crippen LogP contribution < -0.4 is 5.32 Å². The van der Waals surface area contributed by atoms with Crippen molar-refractivity contribution >= 4 is 12.1 Å². The summed E-state index contributed by atoms with van der Waals surface area (Å²) in [6.07, 6.45) is 3.51. The van der Waals surface area contributed by atoms with Gasteiger partial charge < -0.3 is 15.5 Å². The lowest BCUT2D eigenvalue weighted by Gasteiger charge is -2.27. The summed E-state index contributed by atoms with van der Waals surface area (Å²) in [5, 5.41) is 17.2. The molecule has 5 nitrogen and oxygen atoms in total. The zero-order valence-corrected chi connectivity index (χ0v) is 15.1. The van der Waals surface area contributed by atoms with Crippen molar-refractivity contribution in [3.05, 3.63) is 34.4 Å². The first-order chi connectivity index (χ1) is 11.2. The molecular formula is C19H29NO4. The first-order valence-electron chi connectivity index (χ1n) is 8.47. The third-order valence-electron chi connectivity index (χ3n) is 4.48. The van der Waals surface area contributed by atoms with Crippen molar-refractivity contribution in [1.29, 1.82) is 0 Å². The molecule has 0 radical (unpaired) electrons. The van der Waals surface area contributed by atoms with Gasteiger partial charge in [0.15, 0.2) is 0 Å². The predicted octanol–water partition coefficient (Wildman–Crippen LogP) is 4.07. The molecule has 1 aromatic rings. The summed E-state index contributed by atoms with van der Waals surface area (Å²) in [5.74, 6) is 0.927. The quantitative estimate of drug-likeness (QED) is 0.777. The number of carboxylic acid groups (broad SMARTS) is 2. The summed E-state index contributed by atoms with van der Waals surface area (Å²) in [5.41, 5.74) is 4.92. The Morgan fingerprint density at radius 3 is 2.17 bits per heavy atom. The standard InChI is InChI=1S/C18H27NO.CH2O3/c1-12-6-5-7-16(10-12)19-18(20)11-17-14(3)8-13(2)9-15(17)4;2-1(3)4/h8-9,12,16H,5-7,10-11H2,1-4H3,(H,19,20);(H2,2,3,4). The molecule has 1 aliphatic rings. The summed E-state index contributed by atoms with van der Waals surface area (Å²) in [6, 6.07) is 4.72. The van der Waals surface area contributed by atoms with Gasteiger partial charge in [0.05, 0.1) is 6.42 Å². The van der Waals surface area contributed by atoms with Gasteiger partial charge in [0.2, 0.25) is 5.91 Å². The Kier molecular flexibility index (Phi) is 7.75. The molecule has 1 aromatic carbocycles. The van der Waals surface area contributed by atoms with Crippen LogP contribution in [0.5, 0.6) is 0 Å². The first kappa shape index (κ1) is 20.0. The van der Waals surface area contributed by atoms with E-state index in [0.29, 0.717) is 12.5 Å². The maximum atomic E-state index is 12.3. The van der Waals surface area contributed by atoms with Crippen LogP contribution in [-0.4, -0.2) is 28.3 Å². The molecule has 134 valence electrons. The fraction of sp³-hybridized carbons (Fsp3) is 0.579. The van der Waals surface area contributed by atoms with Crippen LogP contribution in [0.1, 0.15) is 54.9 Å². The summed E-state index contributed by atoms with van der Waals surface area (Å²) in [4.78, 5) is 20.8. The molecule has 0 aromatic heterocycles. The van der Waals surface area contributed by atoms with Crippen LogP contribution in [0, 0.1) is 26.7 Å². The van der Waals surface area contributed by atoms with Crippen LogP contribution in [0.2, 0.25) is 0 Å². The predicted molar refractivity (Wildman–Crippen MR) is 94.6 cm³/mol. The highest BCUT2D eigenvalue weighted by atomic mass is 16.6. The number of carbonyl (C=O) groups excluding carboxylic acids is 1. The number of benzene rings is 1. The molecule has 3 N–H and O–H groups in total. The third-order valence-corrected chi connectivity index (χ3v) is 4.48. The molecule has 1 amide bonds. The van der Waals surface area contributed by atoms with E-state index in [9.17, 15) is 4.79 Å². The molecule has 0 heterocycles. The maximum Gasteiger partial charge on any atom is 0.503 e. The Balaban J connectivity index is 0.000000648. The lowest BCUT2D eigenvalue weighted by atomic mass is 9.87. The van der Waals surface area contributed by atoms with Gasteiger partial charge in [-0.05, 0) is 56.2 Å². The van der Waals surface area contributed by atoms with Crippen LogP contribution in [0.25, 0.3) is 0 Å². The Morgan fingerprint density at radius 1 is 1.12 bits per heavy atom. The van der Waals surface area contributed by atoms with Gasteiger partial charge in [-0.3, -0.25) is 4.79 Å². The highest BCUT2D eigenvalue weighted by molar-refractivity contribution is 5.79. The zero-order chi connectivity index (χ0) is 18.3. The highest BCUT2D eigenvalue weighted by Gasteiger charge is 2.20. The van der Waals surface area contributed by atoms with Crippen LogP contribution in [0.15, 0.2) is 12.1 Å². The van der Waals surface area contributed by atoms with Gasteiger partial charge in [-0.2, -0.15) is 0 Å². The van der Waals surface area contributed by atoms with E-state index in [1.165, 1.54) is 35.1 Å². The topological polar surface area (TPSA) is 86.6 Å². The van der Waals surface area contributed by atoms with Crippen molar-refractivity contribution in [2.45, 2.75) is 65.8 Å². The SMILES string of the molecule is Cc1cc(C)c(CC(=O)NC2CCCC(C)C2)c(C)c1.O=C(O)O. The number of rotatable bonds is 3. The van der Waals surface area contributed by atoms with Gasteiger partial charge in [-0.1, -0.05) is 37.5 Å². The van der Waals surface area contributed by atoms with Gasteiger partial charge in [-0.15, -0.1) is 0 Å². The van der Waals surface area contributed by atoms with Crippen LogP contribution in [0.4, 0.5) is 4.79 Å². The fourth-order valence-corrected chi connectivity index (χ4v) is 3.49. The second-order valence-electron chi connectivity index (χ2n) is 6.87. The number of aryl methyl sites for hydroxylation is 3. The van der Waals surface area contributed by atoms with Gasteiger partial charge in [0, 0.05) is 6.04 Å². The lowest BCUT2D eigenvalue weighted by molar-refractivity contribution is -0.121. The van der Waals surface area contributed by atoms with E-state index in [2.05, 4.69) is 45.1 Å². The van der Waals surface area contributed by atoms with E-state index in [0.717, 1.165) is 18.8 Å². The lowest BCUT2D eigenvalue weighted by Crippen LogP contribution is -2.38. The van der Waals surface area contributed by atoms with Crippen molar-refractivity contribution in [3.8, 4) is 0 Å². The molecule has 0 saturated heterocycles. The molecular weight excluding hydrogens is 306 g/mol. The van der Waals surface area contributed by atoms with E-state index >= 15 is 0 Å². The van der Waals surface area contributed by atoms with E-state index in [1.54, 1.807) is 0 Å². The summed E-state index contributed by atoms with van der Waals surface area (Å²) in [6.45, 7) is 8.59. The van der Waals surface area contributed by atoms with Gasteiger partial charge in [0.25, 0.3) is 0 Å². The Hall–Kier alpha value is -2.04. The average molecular weight is 335 g/mol. The Labute approximate surface area is 144 Å². The molecule has 24 heavy (non-hydrogen) atoms. The first-order valence-corrected chi connectivity index (χ1v) is 8.47. The zero-order valence-electron chi connectivity index (χ0n) is 15.1. The van der Waals surface area contributed by atoms with Crippen molar-refractivity contribution in [2.24, 2.45) is 5.92 Å². The molecule has 1 fully saturated rings. The second-order valence-corrected chi connectivity index (χ2v) is 6.87. The minimum absolute atomic E-state index is 0.180. The van der Waals surface area contributed by atoms with E-state index in [-0.39, 0.29) is 5.91 Å².